The van der Waals surface area contributed by atoms with Crippen LogP contribution in [0.4, 0.5) is 13.2 Å². The largest absolute Gasteiger partial charge is 0.338 e. The fourth-order valence-electron chi connectivity index (χ4n) is 4.22. The van der Waals surface area contributed by atoms with Crippen LogP contribution in [0.1, 0.15) is 24.3 Å². The molecule has 2 aromatic carbocycles. The van der Waals surface area contributed by atoms with Crippen molar-refractivity contribution in [1.29, 1.82) is 0 Å². The number of hydrogen-bond donors (Lipinski definition) is 1. The standard InChI is InChI=1S/C21H21F3N2O3S/c1-30(28,29)25-13-9-10-26(12-13)20(27)21(24)11-16(21)14-5-2-3-6-15(14)19-17(22)7-4-8-18(19)23/h2-8,13,16,25H,9-12H2,1H3/t13-,16+,21+/m0/s1. The minimum absolute atomic E-state index is 0.0837. The number of hydrogen-bond acceptors (Lipinski definition) is 3. The molecule has 1 saturated carbocycles. The Balaban J connectivity index is 1.57. The van der Waals surface area contributed by atoms with Crippen LogP contribution in [-0.2, 0) is 14.8 Å². The minimum atomic E-state index is -3.43. The van der Waals surface area contributed by atoms with Crippen LogP contribution in [0.15, 0.2) is 42.5 Å². The van der Waals surface area contributed by atoms with Gasteiger partial charge in [-0.15, -0.1) is 0 Å². The summed E-state index contributed by atoms with van der Waals surface area (Å²) in [6.07, 6.45) is 1.35. The van der Waals surface area contributed by atoms with Crippen molar-refractivity contribution in [3.8, 4) is 11.1 Å². The molecule has 2 fully saturated rings. The lowest BCUT2D eigenvalue weighted by Crippen LogP contribution is -2.41. The van der Waals surface area contributed by atoms with E-state index in [9.17, 15) is 22.0 Å². The van der Waals surface area contributed by atoms with E-state index in [0.717, 1.165) is 18.4 Å². The third kappa shape index (κ3) is 3.83. The number of benzene rings is 2. The summed E-state index contributed by atoms with van der Waals surface area (Å²) in [6.45, 7) is 0.335. The fourth-order valence-corrected chi connectivity index (χ4v) is 5.02. The molecule has 1 aliphatic heterocycles. The van der Waals surface area contributed by atoms with Crippen LogP contribution in [0.25, 0.3) is 11.1 Å². The number of nitrogens with zero attached hydrogens (tertiary/aromatic N) is 1. The summed E-state index contributed by atoms with van der Waals surface area (Å²) in [6, 6.07) is 9.42. The monoisotopic (exact) mass is 438 g/mol. The van der Waals surface area contributed by atoms with E-state index in [4.69, 9.17) is 0 Å². The van der Waals surface area contributed by atoms with Crippen LogP contribution in [0.2, 0.25) is 0 Å². The first-order valence-corrected chi connectivity index (χ1v) is 11.5. The maximum Gasteiger partial charge on any atom is 0.260 e. The molecule has 9 heteroatoms. The summed E-state index contributed by atoms with van der Waals surface area (Å²) in [5, 5.41) is 0. The highest BCUT2D eigenvalue weighted by atomic mass is 32.2. The lowest BCUT2D eigenvalue weighted by atomic mass is 9.94. The van der Waals surface area contributed by atoms with Crippen LogP contribution in [-0.4, -0.2) is 50.3 Å². The summed E-state index contributed by atoms with van der Waals surface area (Å²) in [5.41, 5.74) is -1.81. The van der Waals surface area contributed by atoms with Gasteiger partial charge in [-0.25, -0.2) is 26.3 Å². The van der Waals surface area contributed by atoms with E-state index in [1.54, 1.807) is 18.2 Å². The lowest BCUT2D eigenvalue weighted by molar-refractivity contribution is -0.137. The molecule has 1 amide bonds. The topological polar surface area (TPSA) is 66.5 Å². The number of halogens is 3. The predicted octanol–water partition coefficient (Wildman–Crippen LogP) is 2.98. The van der Waals surface area contributed by atoms with Crippen molar-refractivity contribution in [1.82, 2.24) is 9.62 Å². The highest BCUT2D eigenvalue weighted by Crippen LogP contribution is 2.57. The van der Waals surface area contributed by atoms with Crippen molar-refractivity contribution in [2.24, 2.45) is 0 Å². The molecule has 1 saturated heterocycles. The molecule has 3 atom stereocenters. The van der Waals surface area contributed by atoms with E-state index in [1.165, 1.54) is 17.0 Å². The van der Waals surface area contributed by atoms with Gasteiger partial charge in [0.25, 0.3) is 5.91 Å². The lowest BCUT2D eigenvalue weighted by Gasteiger charge is -2.20. The van der Waals surface area contributed by atoms with Crippen LogP contribution >= 0.6 is 0 Å². The minimum Gasteiger partial charge on any atom is -0.338 e. The molecule has 2 aromatic rings. The molecule has 1 aliphatic carbocycles. The van der Waals surface area contributed by atoms with Gasteiger partial charge in [0, 0.05) is 31.5 Å². The molecule has 0 spiro atoms. The highest BCUT2D eigenvalue weighted by Gasteiger charge is 2.64. The first-order chi connectivity index (χ1) is 14.1. The van der Waals surface area contributed by atoms with E-state index >= 15 is 4.39 Å². The van der Waals surface area contributed by atoms with Crippen LogP contribution < -0.4 is 4.72 Å². The van der Waals surface area contributed by atoms with Gasteiger partial charge >= 0.3 is 0 Å². The van der Waals surface area contributed by atoms with Gasteiger partial charge in [-0.1, -0.05) is 30.3 Å². The van der Waals surface area contributed by atoms with Crippen LogP contribution in [0.3, 0.4) is 0 Å². The third-order valence-corrected chi connectivity index (χ3v) is 6.43. The number of nitrogens with one attached hydrogen (secondary N) is 1. The van der Waals surface area contributed by atoms with Gasteiger partial charge in [-0.2, -0.15) is 0 Å². The summed E-state index contributed by atoms with van der Waals surface area (Å²) < 4.78 is 69.4. The first-order valence-electron chi connectivity index (χ1n) is 9.59. The Hall–Kier alpha value is -2.39. The Labute approximate surface area is 172 Å². The molecular weight excluding hydrogens is 417 g/mol. The number of carbonyl (C=O) groups excluding carboxylic acids is 1. The van der Waals surface area contributed by atoms with Crippen LogP contribution in [0.5, 0.6) is 0 Å². The molecule has 2 aliphatic rings. The Morgan fingerprint density at radius 3 is 2.47 bits per heavy atom. The van der Waals surface area contributed by atoms with Gasteiger partial charge < -0.3 is 4.90 Å². The quantitative estimate of drug-likeness (QED) is 0.781. The van der Waals surface area contributed by atoms with Gasteiger partial charge in [0.2, 0.25) is 10.0 Å². The second kappa shape index (κ2) is 7.39. The second-order valence-electron chi connectivity index (χ2n) is 7.93. The zero-order valence-electron chi connectivity index (χ0n) is 16.2. The van der Waals surface area contributed by atoms with Crippen molar-refractivity contribution >= 4 is 15.9 Å². The maximum atomic E-state index is 15.5. The number of rotatable bonds is 5. The molecule has 1 heterocycles. The van der Waals surface area contributed by atoms with Crippen molar-refractivity contribution < 1.29 is 26.4 Å². The maximum absolute atomic E-state index is 15.5. The Kier molecular flexibility index (Phi) is 5.14. The summed E-state index contributed by atoms with van der Waals surface area (Å²) >= 11 is 0. The van der Waals surface area contributed by atoms with Crippen LogP contribution in [0, 0.1) is 11.6 Å². The summed E-state index contributed by atoms with van der Waals surface area (Å²) in [4.78, 5) is 14.1. The zero-order chi connectivity index (χ0) is 21.7. The molecule has 0 bridgehead atoms. The highest BCUT2D eigenvalue weighted by molar-refractivity contribution is 7.88. The van der Waals surface area contributed by atoms with Crippen molar-refractivity contribution in [3.63, 3.8) is 0 Å². The molecule has 5 nitrogen and oxygen atoms in total. The van der Waals surface area contributed by atoms with E-state index in [1.807, 2.05) is 0 Å². The van der Waals surface area contributed by atoms with Gasteiger partial charge in [-0.05, 0) is 29.7 Å². The molecule has 30 heavy (non-hydrogen) atoms. The smallest absolute Gasteiger partial charge is 0.260 e. The summed E-state index contributed by atoms with van der Waals surface area (Å²) in [7, 11) is -3.43. The van der Waals surface area contributed by atoms with E-state index in [2.05, 4.69) is 4.72 Å². The molecule has 0 unspecified atom stereocenters. The van der Waals surface area contributed by atoms with E-state index in [0.29, 0.717) is 12.0 Å². The molecule has 0 aromatic heterocycles. The van der Waals surface area contributed by atoms with E-state index in [-0.39, 0.29) is 30.6 Å². The second-order valence-corrected chi connectivity index (χ2v) is 9.71. The third-order valence-electron chi connectivity index (χ3n) is 5.67. The Morgan fingerprint density at radius 1 is 1.13 bits per heavy atom. The molecule has 1 N–H and O–H groups in total. The Bertz CT molecular complexity index is 1090. The average Bonchev–Trinajstić information content (AvgIpc) is 3.15. The summed E-state index contributed by atoms with van der Waals surface area (Å²) in [5.74, 6) is -3.04. The number of amides is 1. The van der Waals surface area contributed by atoms with E-state index < -0.39 is 45.2 Å². The van der Waals surface area contributed by atoms with Crippen molar-refractivity contribution in [3.05, 3.63) is 59.7 Å². The molecule has 160 valence electrons. The number of likely N-dealkylation sites (tertiary alicyclic amines) is 1. The molecule has 4 rings (SSSR count). The van der Waals surface area contributed by atoms with Crippen molar-refractivity contribution in [2.75, 3.05) is 19.3 Å². The average molecular weight is 438 g/mol. The van der Waals surface area contributed by atoms with Gasteiger partial charge in [-0.3, -0.25) is 4.79 Å². The number of carbonyl (C=O) groups is 1. The SMILES string of the molecule is CS(=O)(=O)N[C@H]1CCN(C(=O)[C@@]2(F)C[C@@H]2c2ccccc2-c2c(F)cccc2F)C1. The fraction of sp³-hybridized carbons (Fsp3) is 0.381. The van der Waals surface area contributed by atoms with Gasteiger partial charge in [0.1, 0.15) is 11.6 Å². The molecular formula is C21H21F3N2O3S. The number of alkyl halides is 1. The van der Waals surface area contributed by atoms with Gasteiger partial charge in [0.05, 0.1) is 11.8 Å². The molecule has 0 radical (unpaired) electrons. The van der Waals surface area contributed by atoms with Crippen molar-refractivity contribution in [2.45, 2.75) is 30.5 Å². The first kappa shape index (κ1) is 20.9. The Morgan fingerprint density at radius 2 is 1.80 bits per heavy atom. The van der Waals surface area contributed by atoms with Gasteiger partial charge in [0.15, 0.2) is 5.67 Å². The normalized spacial score (nSPS) is 26.1. The predicted molar refractivity (Wildman–Crippen MR) is 106 cm³/mol. The number of sulfonamides is 1. The zero-order valence-corrected chi connectivity index (χ0v) is 17.1.